The molecule has 1 aliphatic rings. The van der Waals surface area contributed by atoms with E-state index < -0.39 is 36.5 Å². The first-order valence-electron chi connectivity index (χ1n) is 10.8. The Morgan fingerprint density at radius 2 is 1.59 bits per heavy atom. The van der Waals surface area contributed by atoms with Crippen LogP contribution in [0.5, 0.6) is 0 Å². The quantitative estimate of drug-likeness (QED) is 0.405. The third-order valence-corrected chi connectivity index (χ3v) is 5.93. The molecule has 2 unspecified atom stereocenters. The summed E-state index contributed by atoms with van der Waals surface area (Å²) >= 11 is 0. The highest BCUT2D eigenvalue weighted by atomic mass is 19.1. The number of halogens is 1. The lowest BCUT2D eigenvalue weighted by Gasteiger charge is -2.21. The van der Waals surface area contributed by atoms with Crippen LogP contribution in [0, 0.1) is 5.82 Å². The van der Waals surface area contributed by atoms with E-state index in [0.717, 1.165) is 34.4 Å². The van der Waals surface area contributed by atoms with Gasteiger partial charge in [-0.1, -0.05) is 54.6 Å². The third kappa shape index (κ3) is 4.93. The second-order valence-electron chi connectivity index (χ2n) is 8.13. The van der Waals surface area contributed by atoms with E-state index in [4.69, 9.17) is 9.84 Å². The Kier molecular flexibility index (Phi) is 6.90. The number of aliphatic hydroxyl groups is 2. The van der Waals surface area contributed by atoms with Crippen molar-refractivity contribution in [3.05, 3.63) is 94.8 Å². The van der Waals surface area contributed by atoms with Gasteiger partial charge in [-0.2, -0.15) is 0 Å². The van der Waals surface area contributed by atoms with Gasteiger partial charge in [-0.3, -0.25) is 4.79 Å². The second-order valence-corrected chi connectivity index (χ2v) is 8.13. The highest BCUT2D eigenvalue weighted by Gasteiger charge is 2.29. The lowest BCUT2D eigenvalue weighted by atomic mass is 9.96. The van der Waals surface area contributed by atoms with Crippen molar-refractivity contribution in [3.63, 3.8) is 0 Å². The summed E-state index contributed by atoms with van der Waals surface area (Å²) in [6.45, 7) is -0.249. The van der Waals surface area contributed by atoms with Crippen LogP contribution in [0.2, 0.25) is 0 Å². The molecule has 4 N–H and O–H groups in total. The number of aliphatic hydroxyl groups excluding tert-OH is 2. The summed E-state index contributed by atoms with van der Waals surface area (Å²) in [5, 5.41) is 32.2. The molecule has 0 radical (unpaired) electrons. The Balaban J connectivity index is 1.36. The van der Waals surface area contributed by atoms with Crippen molar-refractivity contribution < 1.29 is 34.0 Å². The summed E-state index contributed by atoms with van der Waals surface area (Å²) in [5.41, 5.74) is 4.44. The normalized spacial score (nSPS) is 14.1. The number of nitrogens with one attached hydrogen (secondary N) is 1. The molecule has 3 aromatic carbocycles. The summed E-state index contributed by atoms with van der Waals surface area (Å²) in [4.78, 5) is 23.3. The zero-order valence-corrected chi connectivity index (χ0v) is 18.1. The summed E-state index contributed by atoms with van der Waals surface area (Å²) in [5.74, 6) is -1.98. The van der Waals surface area contributed by atoms with E-state index in [9.17, 15) is 24.2 Å². The molecule has 34 heavy (non-hydrogen) atoms. The van der Waals surface area contributed by atoms with Crippen LogP contribution in [0.15, 0.2) is 66.7 Å². The molecule has 4 rings (SSSR count). The van der Waals surface area contributed by atoms with Crippen molar-refractivity contribution in [2.75, 3.05) is 13.2 Å². The van der Waals surface area contributed by atoms with Gasteiger partial charge in [-0.25, -0.2) is 9.18 Å². The van der Waals surface area contributed by atoms with Crippen LogP contribution in [0.4, 0.5) is 9.18 Å². The van der Waals surface area contributed by atoms with Gasteiger partial charge in [0.1, 0.15) is 24.6 Å². The number of carboxylic acids is 1. The van der Waals surface area contributed by atoms with Crippen LogP contribution in [0.25, 0.3) is 11.1 Å². The first-order chi connectivity index (χ1) is 16.3. The maximum Gasteiger partial charge on any atom is 0.407 e. The number of benzene rings is 3. The van der Waals surface area contributed by atoms with Crippen molar-refractivity contribution in [3.8, 4) is 11.1 Å². The number of hydrogen-bond acceptors (Lipinski definition) is 5. The van der Waals surface area contributed by atoms with Gasteiger partial charge in [-0.15, -0.1) is 0 Å². The Bertz CT molecular complexity index is 1170. The molecule has 1 aliphatic carbocycles. The number of amides is 1. The molecule has 0 aliphatic heterocycles. The monoisotopic (exact) mass is 465 g/mol. The number of carbonyl (C=O) groups excluding carboxylic acids is 1. The summed E-state index contributed by atoms with van der Waals surface area (Å²) < 4.78 is 18.9. The van der Waals surface area contributed by atoms with Gasteiger partial charge in [0.05, 0.1) is 6.42 Å². The zero-order chi connectivity index (χ0) is 24.2. The molecule has 0 heterocycles. The highest BCUT2D eigenvalue weighted by molar-refractivity contribution is 5.79. The largest absolute Gasteiger partial charge is 0.481 e. The van der Waals surface area contributed by atoms with E-state index in [1.165, 1.54) is 6.07 Å². The van der Waals surface area contributed by atoms with E-state index >= 15 is 0 Å². The van der Waals surface area contributed by atoms with Gasteiger partial charge in [0.25, 0.3) is 0 Å². The van der Waals surface area contributed by atoms with Crippen molar-refractivity contribution >= 4 is 12.1 Å². The van der Waals surface area contributed by atoms with Gasteiger partial charge in [0, 0.05) is 12.5 Å². The molecule has 8 heteroatoms. The Morgan fingerprint density at radius 1 is 0.971 bits per heavy atom. The summed E-state index contributed by atoms with van der Waals surface area (Å²) in [6, 6.07) is 19.1. The fourth-order valence-electron chi connectivity index (χ4n) is 4.34. The SMILES string of the molecule is O=C(O)Cc1cc(F)ccc1C(O)C(O)CNC(=O)OCC1c2ccccc2-c2ccccc21. The van der Waals surface area contributed by atoms with Crippen LogP contribution in [0.3, 0.4) is 0 Å². The predicted molar refractivity (Wildman–Crippen MR) is 122 cm³/mol. The third-order valence-electron chi connectivity index (χ3n) is 5.93. The van der Waals surface area contributed by atoms with Gasteiger partial charge in [0.15, 0.2) is 0 Å². The molecular formula is C26H24FNO6. The highest BCUT2D eigenvalue weighted by Crippen LogP contribution is 2.44. The number of carbonyl (C=O) groups is 2. The van der Waals surface area contributed by atoms with Crippen LogP contribution in [-0.2, 0) is 16.0 Å². The number of aliphatic carboxylic acids is 1. The molecule has 0 saturated heterocycles. The smallest absolute Gasteiger partial charge is 0.407 e. The minimum Gasteiger partial charge on any atom is -0.481 e. The average Bonchev–Trinajstić information content (AvgIpc) is 3.14. The first-order valence-corrected chi connectivity index (χ1v) is 10.8. The van der Waals surface area contributed by atoms with Crippen molar-refractivity contribution in [2.24, 2.45) is 0 Å². The van der Waals surface area contributed by atoms with Gasteiger partial charge < -0.3 is 25.4 Å². The van der Waals surface area contributed by atoms with Crippen LogP contribution < -0.4 is 5.32 Å². The van der Waals surface area contributed by atoms with Crippen molar-refractivity contribution in [2.45, 2.75) is 24.5 Å². The number of rotatable bonds is 8. The minimum absolute atomic E-state index is 0.0418. The molecule has 3 aromatic rings. The summed E-state index contributed by atoms with van der Waals surface area (Å²) in [7, 11) is 0. The zero-order valence-electron chi connectivity index (χ0n) is 18.1. The van der Waals surface area contributed by atoms with Crippen molar-refractivity contribution in [1.29, 1.82) is 0 Å². The number of carboxylic acid groups (broad SMARTS) is 1. The molecule has 7 nitrogen and oxygen atoms in total. The molecule has 0 fully saturated rings. The number of fused-ring (bicyclic) bond motifs is 3. The molecule has 1 amide bonds. The number of hydrogen-bond donors (Lipinski definition) is 4. The Morgan fingerprint density at radius 3 is 2.21 bits per heavy atom. The molecule has 176 valence electrons. The van der Waals surface area contributed by atoms with Gasteiger partial charge in [0.2, 0.25) is 0 Å². The second kappa shape index (κ2) is 10.0. The Hall–Kier alpha value is -3.75. The van der Waals surface area contributed by atoms with Crippen LogP contribution in [-0.4, -0.2) is 46.6 Å². The van der Waals surface area contributed by atoms with Gasteiger partial charge in [-0.05, 0) is 45.5 Å². The molecule has 0 spiro atoms. The van der Waals surface area contributed by atoms with E-state index in [2.05, 4.69) is 5.32 Å². The van der Waals surface area contributed by atoms with Crippen LogP contribution >= 0.6 is 0 Å². The molecular weight excluding hydrogens is 441 g/mol. The molecule has 2 atom stereocenters. The molecule has 0 bridgehead atoms. The lowest BCUT2D eigenvalue weighted by molar-refractivity contribution is -0.136. The van der Waals surface area contributed by atoms with Gasteiger partial charge >= 0.3 is 12.1 Å². The summed E-state index contributed by atoms with van der Waals surface area (Å²) in [6.07, 6.45) is -4.27. The maximum absolute atomic E-state index is 13.5. The van der Waals surface area contributed by atoms with E-state index in [1.54, 1.807) is 0 Å². The maximum atomic E-state index is 13.5. The van der Waals surface area contributed by atoms with E-state index in [1.807, 2.05) is 48.5 Å². The number of ether oxygens (including phenoxy) is 1. The lowest BCUT2D eigenvalue weighted by Crippen LogP contribution is -2.36. The number of alkyl carbamates (subject to hydrolysis) is 1. The molecule has 0 aromatic heterocycles. The van der Waals surface area contributed by atoms with E-state index in [0.29, 0.717) is 0 Å². The Labute approximate surface area is 195 Å². The first kappa shape index (κ1) is 23.4. The standard InChI is InChI=1S/C26H24FNO6/c27-16-9-10-17(15(11-16)12-24(30)31)25(32)23(29)13-28-26(33)34-14-22-20-7-3-1-5-18(20)19-6-2-4-8-21(19)22/h1-11,22-23,25,29,32H,12-14H2,(H,28,33)(H,30,31). The minimum atomic E-state index is -1.52. The van der Waals surface area contributed by atoms with Crippen molar-refractivity contribution in [1.82, 2.24) is 5.32 Å². The molecule has 0 saturated carbocycles. The van der Waals surface area contributed by atoms with Crippen LogP contribution in [0.1, 0.15) is 34.3 Å². The topological polar surface area (TPSA) is 116 Å². The fraction of sp³-hybridized carbons (Fsp3) is 0.231. The average molecular weight is 465 g/mol. The van der Waals surface area contributed by atoms with E-state index in [-0.39, 0.29) is 30.2 Å². The predicted octanol–water partition coefficient (Wildman–Crippen LogP) is 3.39. The fourth-order valence-corrected chi connectivity index (χ4v) is 4.34.